The minimum atomic E-state index is -0.570. The Balaban J connectivity index is 3.39. The van der Waals surface area contributed by atoms with E-state index in [-0.39, 0.29) is 11.5 Å². The lowest BCUT2D eigenvalue weighted by Crippen LogP contribution is -1.99. The predicted molar refractivity (Wildman–Crippen MR) is 45.4 cm³/mol. The predicted octanol–water partition coefficient (Wildman–Crippen LogP) is 1.22. The maximum atomic E-state index is 10.4. The third-order valence-corrected chi connectivity index (χ3v) is 1.39. The Bertz CT molecular complexity index is 335. The number of hydrogen-bond acceptors (Lipinski definition) is 4. The molecule has 0 aliphatic rings. The molecule has 0 fully saturated rings. The lowest BCUT2D eigenvalue weighted by atomic mass is 10.2. The van der Waals surface area contributed by atoms with Gasteiger partial charge in [-0.25, -0.2) is 4.98 Å². The molecule has 2 N–H and O–H groups in total. The summed E-state index contributed by atoms with van der Waals surface area (Å²) in [6.45, 7) is 3.43. The van der Waals surface area contributed by atoms with Gasteiger partial charge in [0.1, 0.15) is 0 Å². The molecule has 5 nitrogen and oxygen atoms in total. The molecule has 0 bridgehead atoms. The van der Waals surface area contributed by atoms with Crippen molar-refractivity contribution in [3.8, 4) is 0 Å². The summed E-state index contributed by atoms with van der Waals surface area (Å²) in [6, 6.07) is 1.49. The maximum Gasteiger partial charge on any atom is 0.318 e. The second kappa shape index (κ2) is 3.00. The minimum Gasteiger partial charge on any atom is -0.378 e. The van der Waals surface area contributed by atoms with Crippen molar-refractivity contribution in [1.29, 1.82) is 0 Å². The van der Waals surface area contributed by atoms with E-state index >= 15 is 0 Å². The van der Waals surface area contributed by atoms with Gasteiger partial charge in [0, 0.05) is 6.20 Å². The van der Waals surface area contributed by atoms with Crippen molar-refractivity contribution < 1.29 is 4.92 Å². The summed E-state index contributed by atoms with van der Waals surface area (Å²) >= 11 is 0. The molecule has 0 saturated heterocycles. The zero-order valence-electron chi connectivity index (χ0n) is 6.23. The average molecular weight is 165 g/mol. The molecular weight excluding hydrogens is 158 g/mol. The smallest absolute Gasteiger partial charge is 0.318 e. The summed E-state index contributed by atoms with van der Waals surface area (Å²) in [5.41, 5.74) is 5.49. The summed E-state index contributed by atoms with van der Waals surface area (Å²) in [7, 11) is 0. The van der Waals surface area contributed by atoms with Gasteiger partial charge >= 0.3 is 5.69 Å². The number of anilines is 1. The van der Waals surface area contributed by atoms with E-state index in [2.05, 4.69) is 11.6 Å². The SMILES string of the molecule is C=Cc1ccnc(N)c1[N+](=O)[O-]. The summed E-state index contributed by atoms with van der Waals surface area (Å²) in [6.07, 6.45) is 2.77. The Kier molecular flexibility index (Phi) is 2.05. The highest BCUT2D eigenvalue weighted by atomic mass is 16.6. The van der Waals surface area contributed by atoms with Crippen LogP contribution in [0.1, 0.15) is 5.56 Å². The van der Waals surface area contributed by atoms with Gasteiger partial charge in [-0.05, 0) is 6.07 Å². The molecule has 0 radical (unpaired) electrons. The van der Waals surface area contributed by atoms with Gasteiger partial charge in [-0.2, -0.15) is 0 Å². The Morgan fingerprint density at radius 1 is 1.75 bits per heavy atom. The monoisotopic (exact) mass is 165 g/mol. The minimum absolute atomic E-state index is 0.0857. The molecule has 1 rings (SSSR count). The highest BCUT2D eigenvalue weighted by molar-refractivity contribution is 5.67. The molecular formula is C7H7N3O2. The molecule has 0 atom stereocenters. The van der Waals surface area contributed by atoms with Crippen molar-refractivity contribution in [2.75, 3.05) is 5.73 Å². The zero-order chi connectivity index (χ0) is 9.14. The molecule has 1 aromatic heterocycles. The van der Waals surface area contributed by atoms with Gasteiger partial charge in [-0.3, -0.25) is 10.1 Å². The normalized spacial score (nSPS) is 9.33. The Morgan fingerprint density at radius 2 is 2.42 bits per heavy atom. The lowest BCUT2D eigenvalue weighted by Gasteiger charge is -1.98. The quantitative estimate of drug-likeness (QED) is 0.527. The summed E-state index contributed by atoms with van der Waals surface area (Å²) in [5, 5.41) is 10.4. The van der Waals surface area contributed by atoms with Crippen LogP contribution in [0.15, 0.2) is 18.8 Å². The molecule has 1 aromatic rings. The van der Waals surface area contributed by atoms with Crippen LogP contribution >= 0.6 is 0 Å². The van der Waals surface area contributed by atoms with Gasteiger partial charge in [-0.15, -0.1) is 0 Å². The van der Waals surface area contributed by atoms with Crippen LogP contribution in [0.2, 0.25) is 0 Å². The van der Waals surface area contributed by atoms with E-state index in [0.717, 1.165) is 0 Å². The first-order valence-corrected chi connectivity index (χ1v) is 3.18. The van der Waals surface area contributed by atoms with E-state index in [0.29, 0.717) is 5.56 Å². The molecule has 0 saturated carbocycles. The maximum absolute atomic E-state index is 10.4. The zero-order valence-corrected chi connectivity index (χ0v) is 6.23. The Labute approximate surface area is 68.7 Å². The van der Waals surface area contributed by atoms with Crippen molar-refractivity contribution in [2.24, 2.45) is 0 Å². The fraction of sp³-hybridized carbons (Fsp3) is 0. The second-order valence-electron chi connectivity index (χ2n) is 2.10. The first-order valence-electron chi connectivity index (χ1n) is 3.18. The molecule has 62 valence electrons. The molecule has 1 heterocycles. The molecule has 12 heavy (non-hydrogen) atoms. The van der Waals surface area contributed by atoms with Gasteiger partial charge in [0.25, 0.3) is 0 Å². The van der Waals surface area contributed by atoms with Crippen molar-refractivity contribution in [3.63, 3.8) is 0 Å². The highest BCUT2D eigenvalue weighted by Crippen LogP contribution is 2.23. The van der Waals surface area contributed by atoms with Crippen molar-refractivity contribution in [1.82, 2.24) is 4.98 Å². The van der Waals surface area contributed by atoms with Gasteiger partial charge in [-0.1, -0.05) is 12.7 Å². The van der Waals surface area contributed by atoms with Gasteiger partial charge in [0.15, 0.2) is 0 Å². The first kappa shape index (κ1) is 8.19. The molecule has 0 aromatic carbocycles. The van der Waals surface area contributed by atoms with E-state index in [4.69, 9.17) is 5.73 Å². The standard InChI is InChI=1S/C7H7N3O2/c1-2-5-3-4-9-7(8)6(5)10(11)12/h2-4H,1H2,(H2,8,9). The number of nitrogens with zero attached hydrogens (tertiary/aromatic N) is 2. The summed E-state index contributed by atoms with van der Waals surface area (Å²) in [4.78, 5) is 13.5. The molecule has 5 heteroatoms. The first-order chi connectivity index (χ1) is 5.66. The Morgan fingerprint density at radius 3 is 2.83 bits per heavy atom. The van der Waals surface area contributed by atoms with Gasteiger partial charge in [0.05, 0.1) is 10.5 Å². The highest BCUT2D eigenvalue weighted by Gasteiger charge is 2.15. The van der Waals surface area contributed by atoms with Crippen molar-refractivity contribution in [3.05, 3.63) is 34.5 Å². The van der Waals surface area contributed by atoms with Crippen LogP contribution in [0.25, 0.3) is 6.08 Å². The third-order valence-electron chi connectivity index (χ3n) is 1.39. The molecule has 0 amide bonds. The summed E-state index contributed by atoms with van der Waals surface area (Å²) in [5.74, 6) is -0.0857. The lowest BCUT2D eigenvalue weighted by molar-refractivity contribution is -0.384. The Hall–Kier alpha value is -1.91. The summed E-state index contributed by atoms with van der Waals surface area (Å²) < 4.78 is 0. The van der Waals surface area contributed by atoms with Crippen LogP contribution in [0.5, 0.6) is 0 Å². The van der Waals surface area contributed by atoms with E-state index < -0.39 is 4.92 Å². The third kappa shape index (κ3) is 1.24. The van der Waals surface area contributed by atoms with Gasteiger partial charge in [0.2, 0.25) is 5.82 Å². The fourth-order valence-electron chi connectivity index (χ4n) is 0.849. The van der Waals surface area contributed by atoms with E-state index in [1.54, 1.807) is 0 Å². The number of pyridine rings is 1. The largest absolute Gasteiger partial charge is 0.378 e. The van der Waals surface area contributed by atoms with Crippen LogP contribution in [0.4, 0.5) is 11.5 Å². The number of nitro groups is 1. The van der Waals surface area contributed by atoms with Crippen molar-refractivity contribution >= 4 is 17.6 Å². The van der Waals surface area contributed by atoms with Gasteiger partial charge < -0.3 is 5.73 Å². The molecule has 0 spiro atoms. The molecule has 0 aliphatic carbocycles. The molecule has 0 unspecified atom stereocenters. The van der Waals surface area contributed by atoms with E-state index in [1.165, 1.54) is 18.3 Å². The van der Waals surface area contributed by atoms with Crippen molar-refractivity contribution in [2.45, 2.75) is 0 Å². The van der Waals surface area contributed by atoms with Crippen LogP contribution < -0.4 is 5.73 Å². The average Bonchev–Trinajstić information content (AvgIpc) is 2.03. The molecule has 0 aliphatic heterocycles. The van der Waals surface area contributed by atoms with Crippen LogP contribution in [0, 0.1) is 10.1 Å². The number of nitrogen functional groups attached to an aromatic ring is 1. The van der Waals surface area contributed by atoms with E-state index in [1.807, 2.05) is 0 Å². The number of hydrogen-bond donors (Lipinski definition) is 1. The topological polar surface area (TPSA) is 82.0 Å². The number of aromatic nitrogens is 1. The van der Waals surface area contributed by atoms with Crippen LogP contribution in [-0.4, -0.2) is 9.91 Å². The van der Waals surface area contributed by atoms with Crippen LogP contribution in [0.3, 0.4) is 0 Å². The van der Waals surface area contributed by atoms with E-state index in [9.17, 15) is 10.1 Å². The fourth-order valence-corrected chi connectivity index (χ4v) is 0.849. The number of nitrogens with two attached hydrogens (primary N) is 1. The second-order valence-corrected chi connectivity index (χ2v) is 2.10. The van der Waals surface area contributed by atoms with Crippen LogP contribution in [-0.2, 0) is 0 Å². The number of rotatable bonds is 2.